The lowest BCUT2D eigenvalue weighted by Crippen LogP contribution is -2.61. The van der Waals surface area contributed by atoms with Gasteiger partial charge in [0.05, 0.1) is 17.1 Å². The molecule has 0 radical (unpaired) electrons. The SMILES string of the molecule is CN1c2ccccc2C(C)(C)C12C=Nc1c(ccc3ncccc13)O2. The summed E-state index contributed by atoms with van der Waals surface area (Å²) in [6, 6.07) is 16.4. The van der Waals surface area contributed by atoms with Crippen molar-refractivity contribution >= 4 is 28.5 Å². The number of anilines is 1. The summed E-state index contributed by atoms with van der Waals surface area (Å²) >= 11 is 0. The number of benzene rings is 2. The number of aliphatic imine (C=N–C) groups is 1. The summed E-state index contributed by atoms with van der Waals surface area (Å²) in [5, 5.41) is 1.02. The van der Waals surface area contributed by atoms with Gasteiger partial charge in [0, 0.05) is 24.3 Å². The van der Waals surface area contributed by atoms with Crippen LogP contribution in [0.15, 0.2) is 59.7 Å². The van der Waals surface area contributed by atoms with Crippen LogP contribution in [0.3, 0.4) is 0 Å². The van der Waals surface area contributed by atoms with E-state index in [2.05, 4.69) is 55.0 Å². The standard InChI is InChI=1S/C21H19N3O/c1-20(2)15-8-4-5-9-17(15)24(3)21(20)13-23-19-14-7-6-12-22-16(14)10-11-18(19)25-21/h4-13H,1-3H3. The zero-order valence-electron chi connectivity index (χ0n) is 14.5. The van der Waals surface area contributed by atoms with Crippen LogP contribution in [0.5, 0.6) is 5.75 Å². The van der Waals surface area contributed by atoms with Gasteiger partial charge in [0.25, 0.3) is 0 Å². The molecule has 3 aromatic rings. The molecule has 1 atom stereocenters. The van der Waals surface area contributed by atoms with Crippen LogP contribution in [-0.2, 0) is 5.41 Å². The van der Waals surface area contributed by atoms with Crippen LogP contribution in [-0.4, -0.2) is 24.0 Å². The first-order valence-electron chi connectivity index (χ1n) is 8.50. The fraction of sp³-hybridized carbons (Fsp3) is 0.238. The lowest BCUT2D eigenvalue weighted by molar-refractivity contribution is 0.0826. The Labute approximate surface area is 146 Å². The fourth-order valence-corrected chi connectivity index (χ4v) is 4.21. The highest BCUT2D eigenvalue weighted by Gasteiger charge is 2.58. The van der Waals surface area contributed by atoms with Gasteiger partial charge in [0.2, 0.25) is 5.72 Å². The zero-order valence-corrected chi connectivity index (χ0v) is 14.5. The minimum atomic E-state index is -0.639. The highest BCUT2D eigenvalue weighted by atomic mass is 16.5. The van der Waals surface area contributed by atoms with Gasteiger partial charge in [0.1, 0.15) is 11.4 Å². The molecule has 4 nitrogen and oxygen atoms in total. The minimum absolute atomic E-state index is 0.233. The van der Waals surface area contributed by atoms with Crippen LogP contribution in [0.2, 0.25) is 0 Å². The molecule has 0 saturated heterocycles. The average molecular weight is 329 g/mol. The first-order valence-corrected chi connectivity index (χ1v) is 8.50. The number of likely N-dealkylation sites (N-methyl/N-ethyl adjacent to an activating group) is 1. The topological polar surface area (TPSA) is 37.7 Å². The normalized spacial score (nSPS) is 22.8. The lowest BCUT2D eigenvalue weighted by atomic mass is 9.77. The third-order valence-corrected chi connectivity index (χ3v) is 5.69. The van der Waals surface area contributed by atoms with Gasteiger partial charge in [0.15, 0.2) is 0 Å². The molecule has 124 valence electrons. The fourth-order valence-electron chi connectivity index (χ4n) is 4.21. The number of rotatable bonds is 0. The van der Waals surface area contributed by atoms with Gasteiger partial charge >= 0.3 is 0 Å². The van der Waals surface area contributed by atoms with Crippen molar-refractivity contribution in [2.45, 2.75) is 25.0 Å². The van der Waals surface area contributed by atoms with Crippen LogP contribution in [0.1, 0.15) is 19.4 Å². The van der Waals surface area contributed by atoms with Crippen molar-refractivity contribution in [1.29, 1.82) is 0 Å². The molecule has 1 spiro atoms. The molecule has 0 saturated carbocycles. The molecule has 2 aliphatic heterocycles. The van der Waals surface area contributed by atoms with Crippen LogP contribution >= 0.6 is 0 Å². The van der Waals surface area contributed by atoms with Gasteiger partial charge in [-0.1, -0.05) is 18.2 Å². The summed E-state index contributed by atoms with van der Waals surface area (Å²) in [4.78, 5) is 11.5. The van der Waals surface area contributed by atoms with E-state index >= 15 is 0 Å². The van der Waals surface area contributed by atoms with Gasteiger partial charge in [-0.05, 0) is 49.7 Å². The summed E-state index contributed by atoms with van der Waals surface area (Å²) < 4.78 is 6.65. The Morgan fingerprint density at radius 3 is 2.68 bits per heavy atom. The molecule has 0 aliphatic carbocycles. The van der Waals surface area contributed by atoms with E-state index in [0.717, 1.165) is 22.3 Å². The quantitative estimate of drug-likeness (QED) is 0.611. The molecule has 1 unspecified atom stereocenters. The molecule has 2 aliphatic rings. The number of hydrogen-bond donors (Lipinski definition) is 0. The third kappa shape index (κ3) is 1.66. The molecule has 0 fully saturated rings. The van der Waals surface area contributed by atoms with Crippen molar-refractivity contribution in [3.8, 4) is 5.75 Å². The summed E-state index contributed by atoms with van der Waals surface area (Å²) in [5.41, 5.74) is 3.37. The number of para-hydroxylation sites is 1. The molecular weight excluding hydrogens is 310 g/mol. The van der Waals surface area contributed by atoms with Gasteiger partial charge in [-0.15, -0.1) is 0 Å². The van der Waals surface area contributed by atoms with E-state index in [9.17, 15) is 0 Å². The summed E-state index contributed by atoms with van der Waals surface area (Å²) in [5.74, 6) is 0.802. The predicted molar refractivity (Wildman–Crippen MR) is 101 cm³/mol. The Bertz CT molecular complexity index is 1040. The number of fused-ring (bicyclic) bond motifs is 4. The van der Waals surface area contributed by atoms with Crippen molar-refractivity contribution in [2.24, 2.45) is 4.99 Å². The van der Waals surface area contributed by atoms with E-state index in [1.807, 2.05) is 30.5 Å². The molecule has 5 rings (SSSR count). The average Bonchev–Trinajstić information content (AvgIpc) is 2.81. The van der Waals surface area contributed by atoms with Gasteiger partial charge in [-0.2, -0.15) is 0 Å². The Morgan fingerprint density at radius 1 is 1.00 bits per heavy atom. The van der Waals surface area contributed by atoms with Gasteiger partial charge < -0.3 is 9.64 Å². The highest BCUT2D eigenvalue weighted by Crippen LogP contribution is 2.53. The molecule has 4 heteroatoms. The van der Waals surface area contributed by atoms with E-state index in [1.165, 1.54) is 11.3 Å². The molecule has 3 heterocycles. The minimum Gasteiger partial charge on any atom is -0.459 e. The largest absolute Gasteiger partial charge is 0.459 e. The van der Waals surface area contributed by atoms with E-state index in [0.29, 0.717) is 0 Å². The van der Waals surface area contributed by atoms with E-state index < -0.39 is 5.72 Å². The lowest BCUT2D eigenvalue weighted by Gasteiger charge is -2.44. The van der Waals surface area contributed by atoms with Crippen LogP contribution in [0, 0.1) is 0 Å². The highest BCUT2D eigenvalue weighted by molar-refractivity contribution is 5.98. The van der Waals surface area contributed by atoms with E-state index in [-0.39, 0.29) is 5.41 Å². The molecule has 0 N–H and O–H groups in total. The molecule has 0 amide bonds. The van der Waals surface area contributed by atoms with Crippen LogP contribution < -0.4 is 9.64 Å². The second-order valence-corrected chi connectivity index (χ2v) is 7.24. The monoisotopic (exact) mass is 329 g/mol. The van der Waals surface area contributed by atoms with Crippen molar-refractivity contribution in [3.05, 3.63) is 60.3 Å². The van der Waals surface area contributed by atoms with E-state index in [1.54, 1.807) is 6.20 Å². The van der Waals surface area contributed by atoms with Gasteiger partial charge in [-0.3, -0.25) is 9.98 Å². The van der Waals surface area contributed by atoms with Crippen molar-refractivity contribution < 1.29 is 4.74 Å². The van der Waals surface area contributed by atoms with Crippen molar-refractivity contribution in [3.63, 3.8) is 0 Å². The first-order chi connectivity index (χ1) is 12.0. The maximum absolute atomic E-state index is 6.65. The second kappa shape index (κ2) is 4.60. The van der Waals surface area contributed by atoms with Crippen molar-refractivity contribution in [1.82, 2.24) is 4.98 Å². The number of aromatic nitrogens is 1. The molecule has 2 aromatic carbocycles. The number of ether oxygens (including phenoxy) is 1. The Hall–Kier alpha value is -2.88. The van der Waals surface area contributed by atoms with Gasteiger partial charge in [-0.25, -0.2) is 0 Å². The second-order valence-electron chi connectivity index (χ2n) is 7.24. The molecule has 0 bridgehead atoms. The Morgan fingerprint density at radius 2 is 1.84 bits per heavy atom. The number of nitrogens with zero attached hydrogens (tertiary/aromatic N) is 3. The Kier molecular flexibility index (Phi) is 2.66. The van der Waals surface area contributed by atoms with Crippen LogP contribution in [0.25, 0.3) is 10.9 Å². The molecule has 1 aromatic heterocycles. The summed E-state index contributed by atoms with van der Waals surface area (Å²) in [7, 11) is 2.08. The zero-order chi connectivity index (χ0) is 17.2. The molecule has 25 heavy (non-hydrogen) atoms. The van der Waals surface area contributed by atoms with E-state index in [4.69, 9.17) is 9.73 Å². The predicted octanol–water partition coefficient (Wildman–Crippen LogP) is 4.45. The molecular formula is C21H19N3O. The first kappa shape index (κ1) is 14.5. The third-order valence-electron chi connectivity index (χ3n) is 5.69. The van der Waals surface area contributed by atoms with Crippen LogP contribution in [0.4, 0.5) is 11.4 Å². The Balaban J connectivity index is 1.72. The smallest absolute Gasteiger partial charge is 0.228 e. The maximum Gasteiger partial charge on any atom is 0.228 e. The number of hydrogen-bond acceptors (Lipinski definition) is 4. The summed E-state index contributed by atoms with van der Waals surface area (Å²) in [6.45, 7) is 4.43. The number of pyridine rings is 1. The van der Waals surface area contributed by atoms with Crippen molar-refractivity contribution in [2.75, 3.05) is 11.9 Å². The maximum atomic E-state index is 6.65. The summed E-state index contributed by atoms with van der Waals surface area (Å²) in [6.07, 6.45) is 3.76.